The minimum atomic E-state index is 0.409. The Hall–Kier alpha value is -0.870. The molecule has 5 heteroatoms. The topological polar surface area (TPSA) is 27.1 Å². The summed E-state index contributed by atoms with van der Waals surface area (Å²) in [7, 11) is 1.67. The number of hydrogen-bond donors (Lipinski definition) is 0. The Morgan fingerprint density at radius 3 is 2.89 bits per heavy atom. The Labute approximate surface area is 123 Å². The van der Waals surface area contributed by atoms with E-state index in [0.29, 0.717) is 11.9 Å². The standard InChI is InChI=1S/C14H19ClN2OS/c1-10(9-19-3)17-13-5-4-11(18-2)8-12(13)16-14(17)6-7-15/h4-5,8,10H,6-7,9H2,1-3H3. The van der Waals surface area contributed by atoms with Crippen molar-refractivity contribution in [2.24, 2.45) is 0 Å². The lowest BCUT2D eigenvalue weighted by Crippen LogP contribution is -2.12. The number of ether oxygens (including phenoxy) is 1. The lowest BCUT2D eigenvalue weighted by atomic mass is 10.2. The molecule has 1 unspecified atom stereocenters. The molecule has 0 radical (unpaired) electrons. The maximum atomic E-state index is 5.89. The third-order valence-electron chi connectivity index (χ3n) is 3.14. The SMILES string of the molecule is COc1ccc2c(c1)nc(CCCl)n2C(C)CSC. The monoisotopic (exact) mass is 298 g/mol. The highest BCUT2D eigenvalue weighted by atomic mass is 35.5. The van der Waals surface area contributed by atoms with Crippen LogP contribution >= 0.6 is 23.4 Å². The molecule has 1 heterocycles. The van der Waals surface area contributed by atoms with E-state index < -0.39 is 0 Å². The largest absolute Gasteiger partial charge is 0.497 e. The molecule has 0 saturated heterocycles. The van der Waals surface area contributed by atoms with Gasteiger partial charge >= 0.3 is 0 Å². The number of rotatable bonds is 6. The van der Waals surface area contributed by atoms with Crippen LogP contribution in [-0.2, 0) is 6.42 Å². The van der Waals surface area contributed by atoms with Gasteiger partial charge < -0.3 is 9.30 Å². The van der Waals surface area contributed by atoms with E-state index in [1.54, 1.807) is 7.11 Å². The summed E-state index contributed by atoms with van der Waals surface area (Å²) in [6, 6.07) is 6.45. The lowest BCUT2D eigenvalue weighted by molar-refractivity contribution is 0.415. The average Bonchev–Trinajstić information content (AvgIpc) is 2.76. The van der Waals surface area contributed by atoms with Crippen LogP contribution in [0.5, 0.6) is 5.75 Å². The molecular formula is C14H19ClN2OS. The molecule has 0 aliphatic heterocycles. The van der Waals surface area contributed by atoms with Gasteiger partial charge in [-0.15, -0.1) is 11.6 Å². The van der Waals surface area contributed by atoms with Crippen molar-refractivity contribution in [3.8, 4) is 5.75 Å². The average molecular weight is 299 g/mol. The van der Waals surface area contributed by atoms with E-state index >= 15 is 0 Å². The van der Waals surface area contributed by atoms with Gasteiger partial charge in [-0.25, -0.2) is 4.98 Å². The zero-order chi connectivity index (χ0) is 13.8. The van der Waals surface area contributed by atoms with Gasteiger partial charge in [0.05, 0.1) is 18.1 Å². The fourth-order valence-electron chi connectivity index (χ4n) is 2.32. The number of methoxy groups -OCH3 is 1. The van der Waals surface area contributed by atoms with Gasteiger partial charge in [-0.05, 0) is 25.3 Å². The van der Waals surface area contributed by atoms with Gasteiger partial charge in [-0.3, -0.25) is 0 Å². The van der Waals surface area contributed by atoms with Crippen LogP contribution in [0.15, 0.2) is 18.2 Å². The van der Waals surface area contributed by atoms with E-state index in [1.165, 1.54) is 0 Å². The van der Waals surface area contributed by atoms with Gasteiger partial charge in [0.25, 0.3) is 0 Å². The van der Waals surface area contributed by atoms with Crippen LogP contribution in [0.4, 0.5) is 0 Å². The van der Waals surface area contributed by atoms with Crippen LogP contribution in [0, 0.1) is 0 Å². The second-order valence-corrected chi connectivity index (χ2v) is 5.78. The molecule has 2 rings (SSSR count). The summed E-state index contributed by atoms with van der Waals surface area (Å²) >= 11 is 7.74. The molecule has 104 valence electrons. The number of imidazole rings is 1. The van der Waals surface area contributed by atoms with Crippen molar-refractivity contribution in [3.63, 3.8) is 0 Å². The van der Waals surface area contributed by atoms with Crippen LogP contribution in [-0.4, -0.2) is 34.5 Å². The van der Waals surface area contributed by atoms with Crippen molar-refractivity contribution < 1.29 is 4.74 Å². The van der Waals surface area contributed by atoms with E-state index in [-0.39, 0.29) is 0 Å². The Morgan fingerprint density at radius 2 is 2.26 bits per heavy atom. The molecule has 1 atom stereocenters. The number of aromatic nitrogens is 2. The number of thioether (sulfide) groups is 1. The van der Waals surface area contributed by atoms with Gasteiger partial charge in [-0.2, -0.15) is 11.8 Å². The molecule has 1 aromatic heterocycles. The Morgan fingerprint density at radius 1 is 1.47 bits per heavy atom. The fourth-order valence-corrected chi connectivity index (χ4v) is 3.12. The molecule has 0 saturated carbocycles. The normalized spacial score (nSPS) is 12.8. The summed E-state index contributed by atoms with van der Waals surface area (Å²) in [4.78, 5) is 4.70. The van der Waals surface area contributed by atoms with Crippen LogP contribution in [0.3, 0.4) is 0 Å². The second-order valence-electron chi connectivity index (χ2n) is 4.50. The highest BCUT2D eigenvalue weighted by Crippen LogP contribution is 2.26. The van der Waals surface area contributed by atoms with Crippen molar-refractivity contribution in [1.29, 1.82) is 0 Å². The maximum absolute atomic E-state index is 5.89. The predicted octanol–water partition coefficient (Wildman–Crippen LogP) is 3.75. The minimum absolute atomic E-state index is 0.409. The van der Waals surface area contributed by atoms with Crippen molar-refractivity contribution >= 4 is 34.4 Å². The number of fused-ring (bicyclic) bond motifs is 1. The zero-order valence-electron chi connectivity index (χ0n) is 11.5. The van der Waals surface area contributed by atoms with Crippen molar-refractivity contribution in [1.82, 2.24) is 9.55 Å². The van der Waals surface area contributed by atoms with E-state index in [0.717, 1.165) is 34.8 Å². The molecular weight excluding hydrogens is 280 g/mol. The molecule has 0 spiro atoms. The molecule has 19 heavy (non-hydrogen) atoms. The number of halogens is 1. The third kappa shape index (κ3) is 3.00. The fraction of sp³-hybridized carbons (Fsp3) is 0.500. The van der Waals surface area contributed by atoms with Gasteiger partial charge in [0, 0.05) is 30.2 Å². The summed E-state index contributed by atoms with van der Waals surface area (Å²) in [6.45, 7) is 2.22. The Kier molecular flexibility index (Phi) is 4.99. The van der Waals surface area contributed by atoms with E-state index in [4.69, 9.17) is 21.3 Å². The summed E-state index contributed by atoms with van der Waals surface area (Å²) in [5.74, 6) is 3.55. The molecule has 0 bridgehead atoms. The molecule has 2 aromatic rings. The van der Waals surface area contributed by atoms with Crippen molar-refractivity contribution in [3.05, 3.63) is 24.0 Å². The number of benzene rings is 1. The quantitative estimate of drug-likeness (QED) is 0.760. The van der Waals surface area contributed by atoms with Gasteiger partial charge in [0.15, 0.2) is 0 Å². The first-order valence-electron chi connectivity index (χ1n) is 6.31. The second kappa shape index (κ2) is 6.53. The number of alkyl halides is 1. The smallest absolute Gasteiger partial charge is 0.121 e. The Bertz CT molecular complexity index is 556. The molecule has 0 N–H and O–H groups in total. The molecule has 0 amide bonds. The molecule has 0 aliphatic carbocycles. The highest BCUT2D eigenvalue weighted by Gasteiger charge is 2.15. The lowest BCUT2D eigenvalue weighted by Gasteiger charge is -2.16. The van der Waals surface area contributed by atoms with Gasteiger partial charge in [0.2, 0.25) is 0 Å². The van der Waals surface area contributed by atoms with Crippen LogP contribution in [0.2, 0.25) is 0 Å². The maximum Gasteiger partial charge on any atom is 0.121 e. The van der Waals surface area contributed by atoms with E-state index in [2.05, 4.69) is 23.8 Å². The summed E-state index contributed by atoms with van der Waals surface area (Å²) in [5, 5.41) is 0. The zero-order valence-corrected chi connectivity index (χ0v) is 13.1. The van der Waals surface area contributed by atoms with Crippen LogP contribution in [0.1, 0.15) is 18.8 Å². The molecule has 0 fully saturated rings. The highest BCUT2D eigenvalue weighted by molar-refractivity contribution is 7.98. The van der Waals surface area contributed by atoms with Crippen molar-refractivity contribution in [2.45, 2.75) is 19.4 Å². The molecule has 1 aromatic carbocycles. The first-order valence-corrected chi connectivity index (χ1v) is 8.23. The first kappa shape index (κ1) is 14.5. The summed E-state index contributed by atoms with van der Waals surface area (Å²) in [5.41, 5.74) is 2.13. The number of aryl methyl sites for hydroxylation is 1. The van der Waals surface area contributed by atoms with Crippen LogP contribution < -0.4 is 4.74 Å². The molecule has 0 aliphatic rings. The van der Waals surface area contributed by atoms with Gasteiger partial charge in [0.1, 0.15) is 11.6 Å². The summed E-state index contributed by atoms with van der Waals surface area (Å²) in [6.07, 6.45) is 2.91. The predicted molar refractivity (Wildman–Crippen MR) is 83.8 cm³/mol. The van der Waals surface area contributed by atoms with Gasteiger partial charge in [-0.1, -0.05) is 0 Å². The minimum Gasteiger partial charge on any atom is -0.497 e. The van der Waals surface area contributed by atoms with Crippen LogP contribution in [0.25, 0.3) is 11.0 Å². The Balaban J connectivity index is 2.53. The first-order chi connectivity index (χ1) is 9.21. The third-order valence-corrected chi connectivity index (χ3v) is 4.14. The number of nitrogens with zero attached hydrogens (tertiary/aromatic N) is 2. The molecule has 3 nitrogen and oxygen atoms in total. The van der Waals surface area contributed by atoms with Crippen molar-refractivity contribution in [2.75, 3.05) is 25.0 Å². The van der Waals surface area contributed by atoms with E-state index in [9.17, 15) is 0 Å². The summed E-state index contributed by atoms with van der Waals surface area (Å²) < 4.78 is 7.56. The van der Waals surface area contributed by atoms with E-state index in [1.807, 2.05) is 23.9 Å². The number of hydrogen-bond acceptors (Lipinski definition) is 3.